The van der Waals surface area contributed by atoms with Crippen molar-refractivity contribution < 1.29 is 14.3 Å². The second-order valence-corrected chi connectivity index (χ2v) is 5.30. The summed E-state index contributed by atoms with van der Waals surface area (Å²) in [7, 11) is 1.61. The van der Waals surface area contributed by atoms with E-state index in [2.05, 4.69) is 5.32 Å². The van der Waals surface area contributed by atoms with E-state index in [-0.39, 0.29) is 17.7 Å². The smallest absolute Gasteiger partial charge is 0.251 e. The highest BCUT2D eigenvalue weighted by atomic mass is 16.5. The normalized spacial score (nSPS) is 17.4. The number of hydrogen-bond acceptors (Lipinski definition) is 4. The largest absolute Gasteiger partial charge is 0.383 e. The zero-order valence-electron chi connectivity index (χ0n) is 12.5. The molecule has 0 bridgehead atoms. The first-order valence-corrected chi connectivity index (χ1v) is 7.19. The van der Waals surface area contributed by atoms with Gasteiger partial charge in [-0.15, -0.1) is 0 Å². The summed E-state index contributed by atoms with van der Waals surface area (Å²) < 4.78 is 4.98. The maximum Gasteiger partial charge on any atom is 0.251 e. The average molecular weight is 301 g/mol. The highest BCUT2D eigenvalue weighted by Crippen LogP contribution is 2.16. The number of nitrogens with zero attached hydrogens (tertiary/aromatic N) is 2. The number of carbonyl (C=O) groups excluding carboxylic acids is 2. The van der Waals surface area contributed by atoms with Gasteiger partial charge in [0.25, 0.3) is 5.91 Å². The SMILES string of the molecule is COCCN1C[C@H](CNC(=O)c2ccc(C#N)cc2)CC1=O. The Morgan fingerprint density at radius 2 is 2.18 bits per heavy atom. The van der Waals surface area contributed by atoms with Crippen LogP contribution < -0.4 is 5.32 Å². The molecule has 6 nitrogen and oxygen atoms in total. The van der Waals surface area contributed by atoms with Gasteiger partial charge >= 0.3 is 0 Å². The molecule has 2 rings (SSSR count). The van der Waals surface area contributed by atoms with Crippen molar-refractivity contribution in [3.63, 3.8) is 0 Å². The lowest BCUT2D eigenvalue weighted by atomic mass is 10.1. The minimum Gasteiger partial charge on any atom is -0.383 e. The van der Waals surface area contributed by atoms with Crippen molar-refractivity contribution in [3.8, 4) is 6.07 Å². The number of ether oxygens (including phenoxy) is 1. The Morgan fingerprint density at radius 3 is 2.82 bits per heavy atom. The fourth-order valence-corrected chi connectivity index (χ4v) is 2.44. The van der Waals surface area contributed by atoms with E-state index in [1.54, 1.807) is 36.3 Å². The van der Waals surface area contributed by atoms with Crippen LogP contribution in [0, 0.1) is 17.2 Å². The van der Waals surface area contributed by atoms with Crippen LogP contribution in [0.5, 0.6) is 0 Å². The third-order valence-corrected chi connectivity index (χ3v) is 3.69. The Balaban J connectivity index is 1.81. The van der Waals surface area contributed by atoms with Gasteiger partial charge in [-0.2, -0.15) is 5.26 Å². The van der Waals surface area contributed by atoms with Crippen LogP contribution >= 0.6 is 0 Å². The molecule has 0 aromatic heterocycles. The molecule has 0 spiro atoms. The van der Waals surface area contributed by atoms with E-state index < -0.39 is 0 Å². The molecule has 116 valence electrons. The summed E-state index contributed by atoms with van der Waals surface area (Å²) in [6.45, 7) is 2.23. The van der Waals surface area contributed by atoms with Crippen LogP contribution in [0.4, 0.5) is 0 Å². The van der Waals surface area contributed by atoms with Crippen LogP contribution in [0.1, 0.15) is 22.3 Å². The zero-order valence-corrected chi connectivity index (χ0v) is 12.5. The van der Waals surface area contributed by atoms with Gasteiger partial charge < -0.3 is 15.0 Å². The van der Waals surface area contributed by atoms with E-state index in [1.807, 2.05) is 6.07 Å². The quantitative estimate of drug-likeness (QED) is 0.842. The summed E-state index contributed by atoms with van der Waals surface area (Å²) in [5.41, 5.74) is 1.03. The number of nitrogens with one attached hydrogen (secondary N) is 1. The lowest BCUT2D eigenvalue weighted by molar-refractivity contribution is -0.128. The molecule has 0 aliphatic carbocycles. The number of likely N-dealkylation sites (tertiary alicyclic amines) is 1. The topological polar surface area (TPSA) is 82.4 Å². The van der Waals surface area contributed by atoms with Crippen molar-refractivity contribution in [2.45, 2.75) is 6.42 Å². The Labute approximate surface area is 129 Å². The Kier molecular flexibility index (Phi) is 5.50. The zero-order chi connectivity index (χ0) is 15.9. The first-order chi connectivity index (χ1) is 10.6. The van der Waals surface area contributed by atoms with Crippen LogP contribution in [0.3, 0.4) is 0 Å². The first kappa shape index (κ1) is 16.0. The monoisotopic (exact) mass is 301 g/mol. The Hall–Kier alpha value is -2.39. The van der Waals surface area contributed by atoms with Crippen molar-refractivity contribution in [2.75, 3.05) is 33.4 Å². The van der Waals surface area contributed by atoms with Crippen LogP contribution in [0.2, 0.25) is 0 Å². The molecule has 1 atom stereocenters. The molecule has 1 saturated heterocycles. The van der Waals surface area contributed by atoms with Gasteiger partial charge in [0.2, 0.25) is 5.91 Å². The molecule has 0 saturated carbocycles. The molecule has 1 aliphatic rings. The van der Waals surface area contributed by atoms with E-state index in [4.69, 9.17) is 10.00 Å². The minimum atomic E-state index is -0.188. The maximum atomic E-state index is 12.0. The van der Waals surface area contributed by atoms with E-state index in [0.717, 1.165) is 0 Å². The second kappa shape index (κ2) is 7.57. The first-order valence-electron chi connectivity index (χ1n) is 7.19. The molecule has 22 heavy (non-hydrogen) atoms. The van der Waals surface area contributed by atoms with Crippen LogP contribution in [-0.2, 0) is 9.53 Å². The van der Waals surface area contributed by atoms with E-state index in [0.29, 0.717) is 43.8 Å². The van der Waals surface area contributed by atoms with Gasteiger partial charge in [0, 0.05) is 44.6 Å². The van der Waals surface area contributed by atoms with Crippen molar-refractivity contribution in [1.82, 2.24) is 10.2 Å². The van der Waals surface area contributed by atoms with Crippen LogP contribution in [0.25, 0.3) is 0 Å². The Morgan fingerprint density at radius 1 is 1.45 bits per heavy atom. The summed E-state index contributed by atoms with van der Waals surface area (Å²) in [4.78, 5) is 25.6. The van der Waals surface area contributed by atoms with Gasteiger partial charge in [-0.25, -0.2) is 0 Å². The maximum absolute atomic E-state index is 12.0. The summed E-state index contributed by atoms with van der Waals surface area (Å²) >= 11 is 0. The predicted octanol–water partition coefficient (Wildman–Crippen LogP) is 0.783. The number of nitriles is 1. The number of hydrogen-bond donors (Lipinski definition) is 1. The molecule has 6 heteroatoms. The molecule has 2 amide bonds. The average Bonchev–Trinajstić information content (AvgIpc) is 2.90. The lowest BCUT2D eigenvalue weighted by Gasteiger charge is -2.16. The third kappa shape index (κ3) is 4.06. The molecule has 1 aromatic rings. The minimum absolute atomic E-state index is 0.106. The van der Waals surface area contributed by atoms with Crippen LogP contribution in [-0.4, -0.2) is 50.1 Å². The fraction of sp³-hybridized carbons (Fsp3) is 0.438. The van der Waals surface area contributed by atoms with Crippen molar-refractivity contribution in [2.24, 2.45) is 5.92 Å². The van der Waals surface area contributed by atoms with Crippen molar-refractivity contribution in [3.05, 3.63) is 35.4 Å². The highest BCUT2D eigenvalue weighted by molar-refractivity contribution is 5.94. The second-order valence-electron chi connectivity index (χ2n) is 5.30. The molecule has 0 unspecified atom stereocenters. The van der Waals surface area contributed by atoms with E-state index >= 15 is 0 Å². The number of amides is 2. The van der Waals surface area contributed by atoms with Crippen molar-refractivity contribution >= 4 is 11.8 Å². The van der Waals surface area contributed by atoms with Gasteiger partial charge in [-0.3, -0.25) is 9.59 Å². The fourth-order valence-electron chi connectivity index (χ4n) is 2.44. The highest BCUT2D eigenvalue weighted by Gasteiger charge is 2.29. The van der Waals surface area contributed by atoms with Gasteiger partial charge in [0.1, 0.15) is 0 Å². The predicted molar refractivity (Wildman–Crippen MR) is 80.1 cm³/mol. The molecule has 0 radical (unpaired) electrons. The summed E-state index contributed by atoms with van der Waals surface area (Å²) in [6.07, 6.45) is 0.456. The number of methoxy groups -OCH3 is 1. The molecular weight excluding hydrogens is 282 g/mol. The summed E-state index contributed by atoms with van der Waals surface area (Å²) in [5, 5.41) is 11.6. The van der Waals surface area contributed by atoms with E-state index in [9.17, 15) is 9.59 Å². The Bertz CT molecular complexity index is 577. The molecule has 1 fully saturated rings. The molecule has 1 heterocycles. The number of rotatable bonds is 6. The van der Waals surface area contributed by atoms with Crippen molar-refractivity contribution in [1.29, 1.82) is 5.26 Å². The molecular formula is C16H19N3O3. The summed E-state index contributed by atoms with van der Waals surface area (Å²) in [5.74, 6) is 0.0497. The molecule has 1 aliphatic heterocycles. The van der Waals surface area contributed by atoms with Gasteiger partial charge in [-0.1, -0.05) is 0 Å². The van der Waals surface area contributed by atoms with Gasteiger partial charge in [-0.05, 0) is 24.3 Å². The van der Waals surface area contributed by atoms with Gasteiger partial charge in [0.15, 0.2) is 0 Å². The third-order valence-electron chi connectivity index (χ3n) is 3.69. The van der Waals surface area contributed by atoms with E-state index in [1.165, 1.54) is 0 Å². The number of benzene rings is 1. The molecule has 1 N–H and O–H groups in total. The van der Waals surface area contributed by atoms with Crippen LogP contribution in [0.15, 0.2) is 24.3 Å². The summed E-state index contributed by atoms with van der Waals surface area (Å²) in [6, 6.07) is 8.48. The molecule has 1 aromatic carbocycles. The number of carbonyl (C=O) groups is 2. The van der Waals surface area contributed by atoms with Gasteiger partial charge in [0.05, 0.1) is 18.2 Å². The standard InChI is InChI=1S/C16H19N3O3/c1-22-7-6-19-11-13(8-15(19)20)10-18-16(21)14-4-2-12(9-17)3-5-14/h2-5,13H,6-8,10-11H2,1H3,(H,18,21)/t13-/m0/s1. The lowest BCUT2D eigenvalue weighted by Crippen LogP contribution is -2.32.